The minimum Gasteiger partial charge on any atom is -0.467 e. The second-order valence-electron chi connectivity index (χ2n) is 3.88. The highest BCUT2D eigenvalue weighted by Gasteiger charge is 2.10. The van der Waals surface area contributed by atoms with E-state index in [1.54, 1.807) is 0 Å². The molecule has 0 spiro atoms. The quantitative estimate of drug-likeness (QED) is 0.768. The first-order valence-electron chi connectivity index (χ1n) is 5.87. The summed E-state index contributed by atoms with van der Waals surface area (Å²) in [4.78, 5) is 14.3. The van der Waals surface area contributed by atoms with Crippen LogP contribution in [0.15, 0.2) is 0 Å². The van der Waals surface area contributed by atoms with Gasteiger partial charge in [0, 0.05) is 37.7 Å². The van der Waals surface area contributed by atoms with Gasteiger partial charge in [-0.25, -0.2) is 0 Å². The van der Waals surface area contributed by atoms with Crippen molar-refractivity contribution in [2.75, 3.05) is 55.8 Å². The van der Waals surface area contributed by atoms with Gasteiger partial charge in [0.15, 0.2) is 0 Å². The largest absolute Gasteiger partial charge is 0.467 e. The molecule has 0 aromatic carbocycles. The number of aromatic nitrogens is 3. The Labute approximate surface area is 111 Å². The summed E-state index contributed by atoms with van der Waals surface area (Å²) in [5, 5.41) is 3.14. The van der Waals surface area contributed by atoms with E-state index < -0.39 is 0 Å². The minimum absolute atomic E-state index is 0.165. The third-order valence-electron chi connectivity index (χ3n) is 2.63. The van der Waals surface area contributed by atoms with E-state index in [4.69, 9.17) is 10.5 Å². The van der Waals surface area contributed by atoms with Crippen LogP contribution in [0, 0.1) is 0 Å². The van der Waals surface area contributed by atoms with E-state index >= 15 is 0 Å². The predicted molar refractivity (Wildman–Crippen MR) is 73.0 cm³/mol. The Morgan fingerprint density at radius 1 is 1.33 bits per heavy atom. The number of nitrogens with two attached hydrogens (primary N) is 1. The van der Waals surface area contributed by atoms with Crippen molar-refractivity contribution in [2.24, 2.45) is 0 Å². The van der Waals surface area contributed by atoms with E-state index in [1.165, 1.54) is 18.6 Å². The van der Waals surface area contributed by atoms with Crippen LogP contribution < -0.4 is 15.8 Å². The van der Waals surface area contributed by atoms with Gasteiger partial charge in [-0.05, 0) is 0 Å². The van der Waals surface area contributed by atoms with Crippen molar-refractivity contribution in [1.82, 2.24) is 19.9 Å². The maximum absolute atomic E-state index is 5.55. The summed E-state index contributed by atoms with van der Waals surface area (Å²) in [7, 11) is 1.50. The molecule has 0 radical (unpaired) electrons. The van der Waals surface area contributed by atoms with Crippen LogP contribution in [0.3, 0.4) is 0 Å². The third kappa shape index (κ3) is 3.88. The molecule has 0 bridgehead atoms. The molecule has 0 atom stereocenters. The van der Waals surface area contributed by atoms with Gasteiger partial charge in [0.05, 0.1) is 7.11 Å². The minimum atomic E-state index is 0.165. The molecule has 1 fully saturated rings. The molecule has 2 heterocycles. The first kappa shape index (κ1) is 13.2. The van der Waals surface area contributed by atoms with Crippen LogP contribution in [0.5, 0.6) is 6.01 Å². The Morgan fingerprint density at radius 3 is 2.83 bits per heavy atom. The lowest BCUT2D eigenvalue weighted by Gasteiger charge is -2.25. The summed E-state index contributed by atoms with van der Waals surface area (Å²) < 4.78 is 4.94. The Morgan fingerprint density at radius 2 is 2.11 bits per heavy atom. The highest BCUT2D eigenvalue weighted by molar-refractivity contribution is 7.99. The van der Waals surface area contributed by atoms with Crippen LogP contribution in [0.4, 0.5) is 11.9 Å². The van der Waals surface area contributed by atoms with Crippen LogP contribution >= 0.6 is 11.8 Å². The lowest BCUT2D eigenvalue weighted by molar-refractivity contribution is 0.314. The topological polar surface area (TPSA) is 89.2 Å². The van der Waals surface area contributed by atoms with Crippen molar-refractivity contribution >= 4 is 23.7 Å². The number of methoxy groups -OCH3 is 1. The Hall–Kier alpha value is -1.28. The van der Waals surface area contributed by atoms with E-state index in [9.17, 15) is 0 Å². The van der Waals surface area contributed by atoms with E-state index in [0.717, 1.165) is 26.2 Å². The third-order valence-corrected chi connectivity index (χ3v) is 3.57. The molecule has 0 saturated carbocycles. The molecule has 3 N–H and O–H groups in total. The first-order chi connectivity index (χ1) is 8.78. The monoisotopic (exact) mass is 270 g/mol. The normalized spacial score (nSPS) is 16.5. The molecule has 7 nitrogen and oxygen atoms in total. The number of thioether (sulfide) groups is 1. The summed E-state index contributed by atoms with van der Waals surface area (Å²) in [5.74, 6) is 3.06. The molecule has 1 aromatic heterocycles. The summed E-state index contributed by atoms with van der Waals surface area (Å²) in [6, 6.07) is 0.236. The molecule has 1 aliphatic rings. The number of anilines is 2. The SMILES string of the molecule is COc1nc(N)nc(NCCN2CCSCC2)n1. The maximum Gasteiger partial charge on any atom is 0.322 e. The van der Waals surface area contributed by atoms with Gasteiger partial charge in [-0.2, -0.15) is 26.7 Å². The van der Waals surface area contributed by atoms with Gasteiger partial charge >= 0.3 is 6.01 Å². The highest BCUT2D eigenvalue weighted by atomic mass is 32.2. The lowest BCUT2D eigenvalue weighted by atomic mass is 10.4. The average molecular weight is 270 g/mol. The van der Waals surface area contributed by atoms with Gasteiger partial charge in [-0.15, -0.1) is 0 Å². The van der Waals surface area contributed by atoms with E-state index in [0.29, 0.717) is 5.95 Å². The molecule has 0 unspecified atom stereocenters. The van der Waals surface area contributed by atoms with Gasteiger partial charge < -0.3 is 15.8 Å². The van der Waals surface area contributed by atoms with Gasteiger partial charge in [0.2, 0.25) is 11.9 Å². The molecule has 100 valence electrons. The zero-order valence-corrected chi connectivity index (χ0v) is 11.2. The Balaban J connectivity index is 1.80. The molecule has 2 rings (SSSR count). The molecule has 1 aromatic rings. The van der Waals surface area contributed by atoms with Gasteiger partial charge in [0.25, 0.3) is 0 Å². The second kappa shape index (κ2) is 6.60. The van der Waals surface area contributed by atoms with Crippen molar-refractivity contribution in [3.05, 3.63) is 0 Å². The summed E-state index contributed by atoms with van der Waals surface area (Å²) in [6.07, 6.45) is 0. The summed E-state index contributed by atoms with van der Waals surface area (Å²) in [6.45, 7) is 4.07. The second-order valence-corrected chi connectivity index (χ2v) is 5.11. The molecular weight excluding hydrogens is 252 g/mol. The molecule has 8 heteroatoms. The number of hydrogen-bond acceptors (Lipinski definition) is 8. The highest BCUT2D eigenvalue weighted by Crippen LogP contribution is 2.10. The van der Waals surface area contributed by atoms with E-state index in [1.807, 2.05) is 11.8 Å². The van der Waals surface area contributed by atoms with Crippen molar-refractivity contribution in [3.63, 3.8) is 0 Å². The fourth-order valence-corrected chi connectivity index (χ4v) is 2.67. The van der Waals surface area contributed by atoms with Crippen LogP contribution in [0.2, 0.25) is 0 Å². The number of ether oxygens (including phenoxy) is 1. The van der Waals surface area contributed by atoms with Crippen molar-refractivity contribution < 1.29 is 4.74 Å². The first-order valence-corrected chi connectivity index (χ1v) is 7.03. The fraction of sp³-hybridized carbons (Fsp3) is 0.700. The zero-order chi connectivity index (χ0) is 12.8. The number of rotatable bonds is 5. The number of nitrogens with zero attached hydrogens (tertiary/aromatic N) is 4. The predicted octanol–water partition coefficient (Wildman–Crippen LogP) is -0.0769. The van der Waals surface area contributed by atoms with Crippen LogP contribution in [-0.2, 0) is 0 Å². The molecule has 1 aliphatic heterocycles. The number of nitrogens with one attached hydrogen (secondary N) is 1. The standard InChI is InChI=1S/C10H18N6OS/c1-17-10-14-8(11)13-9(15-10)12-2-3-16-4-6-18-7-5-16/h2-7H2,1H3,(H3,11,12,13,14,15). The fourth-order valence-electron chi connectivity index (χ4n) is 1.69. The van der Waals surface area contributed by atoms with Crippen molar-refractivity contribution in [3.8, 4) is 6.01 Å². The van der Waals surface area contributed by atoms with Crippen LogP contribution in [0.1, 0.15) is 0 Å². The zero-order valence-electron chi connectivity index (χ0n) is 10.4. The molecule has 18 heavy (non-hydrogen) atoms. The average Bonchev–Trinajstić information content (AvgIpc) is 2.39. The molecule has 1 saturated heterocycles. The smallest absolute Gasteiger partial charge is 0.322 e. The van der Waals surface area contributed by atoms with Gasteiger partial charge in [-0.1, -0.05) is 0 Å². The van der Waals surface area contributed by atoms with E-state index in [-0.39, 0.29) is 12.0 Å². The molecule has 0 amide bonds. The maximum atomic E-state index is 5.55. The summed E-state index contributed by atoms with van der Waals surface area (Å²) in [5.41, 5.74) is 5.55. The Kier molecular flexibility index (Phi) is 4.82. The molecular formula is C10H18N6OS. The Bertz CT molecular complexity index is 385. The van der Waals surface area contributed by atoms with Crippen molar-refractivity contribution in [1.29, 1.82) is 0 Å². The lowest BCUT2D eigenvalue weighted by Crippen LogP contribution is -2.36. The van der Waals surface area contributed by atoms with Crippen LogP contribution in [0.25, 0.3) is 0 Å². The number of hydrogen-bond donors (Lipinski definition) is 2. The van der Waals surface area contributed by atoms with Crippen LogP contribution in [-0.4, -0.2) is 64.6 Å². The van der Waals surface area contributed by atoms with Crippen molar-refractivity contribution in [2.45, 2.75) is 0 Å². The van der Waals surface area contributed by atoms with Gasteiger partial charge in [0.1, 0.15) is 0 Å². The molecule has 0 aliphatic carbocycles. The summed E-state index contributed by atoms with van der Waals surface area (Å²) >= 11 is 2.01. The van der Waals surface area contributed by atoms with Gasteiger partial charge in [-0.3, -0.25) is 4.90 Å². The van der Waals surface area contributed by atoms with E-state index in [2.05, 4.69) is 25.2 Å². The number of nitrogen functional groups attached to an aromatic ring is 1.